The van der Waals surface area contributed by atoms with Crippen LogP contribution in [0.1, 0.15) is 22.7 Å². The molecule has 0 aliphatic carbocycles. The number of aliphatic carboxylic acids is 1. The van der Waals surface area contributed by atoms with Crippen LogP contribution in [0.2, 0.25) is 0 Å². The van der Waals surface area contributed by atoms with E-state index in [9.17, 15) is 9.90 Å². The molecule has 0 saturated heterocycles. The first-order valence-corrected chi connectivity index (χ1v) is 8.13. The van der Waals surface area contributed by atoms with Gasteiger partial charge in [-0.3, -0.25) is 9.69 Å². The molecule has 0 aliphatic rings. The van der Waals surface area contributed by atoms with Crippen molar-refractivity contribution in [1.29, 1.82) is 0 Å². The van der Waals surface area contributed by atoms with Crippen LogP contribution in [0.15, 0.2) is 67.0 Å². The molecule has 1 heterocycles. The van der Waals surface area contributed by atoms with Gasteiger partial charge in [-0.2, -0.15) is 5.10 Å². The van der Waals surface area contributed by atoms with Crippen molar-refractivity contribution in [3.8, 4) is 5.69 Å². The van der Waals surface area contributed by atoms with Gasteiger partial charge < -0.3 is 5.11 Å². The summed E-state index contributed by atoms with van der Waals surface area (Å²) in [7, 11) is 1.82. The van der Waals surface area contributed by atoms with Gasteiger partial charge in [-0.05, 0) is 31.7 Å². The molecule has 1 unspecified atom stereocenters. The molecule has 1 atom stereocenters. The van der Waals surface area contributed by atoms with E-state index in [0.717, 1.165) is 22.4 Å². The maximum atomic E-state index is 11.8. The number of para-hydroxylation sites is 1. The number of aromatic nitrogens is 2. The highest BCUT2D eigenvalue weighted by Gasteiger charge is 2.25. The fraction of sp³-hybridized carbons (Fsp3) is 0.200. The predicted molar refractivity (Wildman–Crippen MR) is 96.6 cm³/mol. The number of carbonyl (C=O) groups is 1. The standard InChI is InChI=1S/C20H21N3O2/c1-15-8-10-17(11-9-15)19(20(24)25)22(2)13-16-12-21-23(14-16)18-6-4-3-5-7-18/h3-12,14,19H,13H2,1-2H3,(H,24,25). The Morgan fingerprint density at radius 1 is 1.16 bits per heavy atom. The molecule has 5 nitrogen and oxygen atoms in total. The quantitative estimate of drug-likeness (QED) is 0.750. The molecule has 3 aromatic rings. The van der Waals surface area contributed by atoms with Crippen molar-refractivity contribution in [1.82, 2.24) is 14.7 Å². The largest absolute Gasteiger partial charge is 0.480 e. The minimum atomic E-state index is -0.859. The van der Waals surface area contributed by atoms with Crippen LogP contribution in [0.4, 0.5) is 0 Å². The Hall–Kier alpha value is -2.92. The lowest BCUT2D eigenvalue weighted by Gasteiger charge is -2.24. The summed E-state index contributed by atoms with van der Waals surface area (Å²) in [6.07, 6.45) is 3.71. The second kappa shape index (κ2) is 7.32. The highest BCUT2D eigenvalue weighted by molar-refractivity contribution is 5.75. The average molecular weight is 335 g/mol. The van der Waals surface area contributed by atoms with Gasteiger partial charge in [0.15, 0.2) is 0 Å². The molecule has 0 radical (unpaired) electrons. The van der Waals surface area contributed by atoms with E-state index in [1.54, 1.807) is 10.9 Å². The number of hydrogen-bond donors (Lipinski definition) is 1. The van der Waals surface area contributed by atoms with E-state index < -0.39 is 12.0 Å². The first-order valence-electron chi connectivity index (χ1n) is 8.13. The zero-order valence-electron chi connectivity index (χ0n) is 14.3. The van der Waals surface area contributed by atoms with Gasteiger partial charge in [0.2, 0.25) is 0 Å². The van der Waals surface area contributed by atoms with Crippen LogP contribution >= 0.6 is 0 Å². The van der Waals surface area contributed by atoms with Crippen molar-refractivity contribution in [3.05, 3.63) is 83.7 Å². The molecule has 2 aromatic carbocycles. The number of benzene rings is 2. The molecule has 3 rings (SSSR count). The van der Waals surface area contributed by atoms with Crippen LogP contribution in [0.5, 0.6) is 0 Å². The van der Waals surface area contributed by atoms with Gasteiger partial charge in [0, 0.05) is 18.3 Å². The molecule has 1 N–H and O–H groups in total. The third-order valence-electron chi connectivity index (χ3n) is 4.16. The Balaban J connectivity index is 1.78. The van der Waals surface area contributed by atoms with Crippen LogP contribution in [-0.2, 0) is 11.3 Å². The predicted octanol–water partition coefficient (Wildman–Crippen LogP) is 3.44. The fourth-order valence-electron chi connectivity index (χ4n) is 2.88. The summed E-state index contributed by atoms with van der Waals surface area (Å²) >= 11 is 0. The van der Waals surface area contributed by atoms with E-state index in [2.05, 4.69) is 5.10 Å². The summed E-state index contributed by atoms with van der Waals surface area (Å²) < 4.78 is 1.80. The molecule has 0 aliphatic heterocycles. The first kappa shape index (κ1) is 16.9. The molecule has 5 heteroatoms. The third-order valence-corrected chi connectivity index (χ3v) is 4.16. The lowest BCUT2D eigenvalue weighted by atomic mass is 10.0. The van der Waals surface area contributed by atoms with Gasteiger partial charge in [0.25, 0.3) is 0 Å². The normalized spacial score (nSPS) is 12.3. The second-order valence-electron chi connectivity index (χ2n) is 6.20. The monoisotopic (exact) mass is 335 g/mol. The maximum absolute atomic E-state index is 11.8. The van der Waals surface area contributed by atoms with Crippen molar-refractivity contribution in [3.63, 3.8) is 0 Å². The Bertz CT molecular complexity index is 841. The Kier molecular flexibility index (Phi) is 4.95. The summed E-state index contributed by atoms with van der Waals surface area (Å²) in [5.74, 6) is -0.859. The third kappa shape index (κ3) is 3.95. The van der Waals surface area contributed by atoms with Crippen molar-refractivity contribution < 1.29 is 9.90 Å². The molecule has 0 spiro atoms. The van der Waals surface area contributed by atoms with Gasteiger partial charge in [-0.15, -0.1) is 0 Å². The van der Waals surface area contributed by atoms with Gasteiger partial charge in [-0.25, -0.2) is 4.68 Å². The van der Waals surface area contributed by atoms with E-state index in [1.165, 1.54) is 0 Å². The number of likely N-dealkylation sites (N-methyl/N-ethyl adjacent to an activating group) is 1. The minimum absolute atomic E-state index is 0.498. The molecule has 0 amide bonds. The Morgan fingerprint density at radius 3 is 2.48 bits per heavy atom. The Labute approximate surface area is 147 Å². The summed E-state index contributed by atoms with van der Waals surface area (Å²) in [5, 5.41) is 14.0. The van der Waals surface area contributed by atoms with Gasteiger partial charge in [-0.1, -0.05) is 48.0 Å². The van der Waals surface area contributed by atoms with Gasteiger partial charge in [0.1, 0.15) is 6.04 Å². The zero-order chi connectivity index (χ0) is 17.8. The zero-order valence-corrected chi connectivity index (χ0v) is 14.3. The molecule has 0 saturated carbocycles. The summed E-state index contributed by atoms with van der Waals surface area (Å²) in [5.41, 5.74) is 3.82. The molecule has 0 fully saturated rings. The number of aryl methyl sites for hydroxylation is 1. The molecule has 0 bridgehead atoms. The van der Waals surface area contributed by atoms with Crippen LogP contribution in [0.3, 0.4) is 0 Å². The average Bonchev–Trinajstić information content (AvgIpc) is 3.06. The maximum Gasteiger partial charge on any atom is 0.325 e. The summed E-state index contributed by atoms with van der Waals surface area (Å²) in [6.45, 7) is 2.49. The topological polar surface area (TPSA) is 58.4 Å². The van der Waals surface area contributed by atoms with E-state index in [1.807, 2.05) is 79.7 Å². The van der Waals surface area contributed by atoms with E-state index in [-0.39, 0.29) is 0 Å². The van der Waals surface area contributed by atoms with E-state index >= 15 is 0 Å². The Morgan fingerprint density at radius 2 is 1.84 bits per heavy atom. The van der Waals surface area contributed by atoms with Crippen LogP contribution < -0.4 is 0 Å². The lowest BCUT2D eigenvalue weighted by Crippen LogP contribution is -2.30. The molecule has 128 valence electrons. The minimum Gasteiger partial charge on any atom is -0.480 e. The van der Waals surface area contributed by atoms with Gasteiger partial charge in [0.05, 0.1) is 11.9 Å². The number of rotatable bonds is 6. The van der Waals surface area contributed by atoms with E-state index in [0.29, 0.717) is 6.54 Å². The summed E-state index contributed by atoms with van der Waals surface area (Å²) in [6, 6.07) is 16.8. The van der Waals surface area contributed by atoms with Crippen molar-refractivity contribution in [2.75, 3.05) is 7.05 Å². The number of nitrogens with zero attached hydrogens (tertiary/aromatic N) is 3. The number of hydrogen-bond acceptors (Lipinski definition) is 3. The van der Waals surface area contributed by atoms with Crippen molar-refractivity contribution in [2.24, 2.45) is 0 Å². The molecule has 25 heavy (non-hydrogen) atoms. The smallest absolute Gasteiger partial charge is 0.325 e. The molecular formula is C20H21N3O2. The molecular weight excluding hydrogens is 314 g/mol. The number of carboxylic acid groups (broad SMARTS) is 1. The fourth-order valence-corrected chi connectivity index (χ4v) is 2.88. The summed E-state index contributed by atoms with van der Waals surface area (Å²) in [4.78, 5) is 13.6. The van der Waals surface area contributed by atoms with Crippen LogP contribution in [0, 0.1) is 6.92 Å². The van der Waals surface area contributed by atoms with E-state index in [4.69, 9.17) is 0 Å². The van der Waals surface area contributed by atoms with Gasteiger partial charge >= 0.3 is 5.97 Å². The van der Waals surface area contributed by atoms with Crippen LogP contribution in [0.25, 0.3) is 5.69 Å². The van der Waals surface area contributed by atoms with Crippen LogP contribution in [-0.4, -0.2) is 32.8 Å². The second-order valence-corrected chi connectivity index (χ2v) is 6.20. The first-order chi connectivity index (χ1) is 12.0. The van der Waals surface area contributed by atoms with Crippen molar-refractivity contribution in [2.45, 2.75) is 19.5 Å². The lowest BCUT2D eigenvalue weighted by molar-refractivity contribution is -0.143. The van der Waals surface area contributed by atoms with Crippen molar-refractivity contribution >= 4 is 5.97 Å². The highest BCUT2D eigenvalue weighted by Crippen LogP contribution is 2.22. The number of carboxylic acids is 1. The molecule has 1 aromatic heterocycles. The highest BCUT2D eigenvalue weighted by atomic mass is 16.4. The SMILES string of the molecule is Cc1ccc(C(C(=O)O)N(C)Cc2cnn(-c3ccccc3)c2)cc1.